The van der Waals surface area contributed by atoms with E-state index in [0.29, 0.717) is 17.2 Å². The van der Waals surface area contributed by atoms with Crippen LogP contribution in [0.2, 0.25) is 0 Å². The van der Waals surface area contributed by atoms with Crippen molar-refractivity contribution in [2.75, 3.05) is 19.0 Å². The summed E-state index contributed by atoms with van der Waals surface area (Å²) in [6, 6.07) is 17.5. The van der Waals surface area contributed by atoms with E-state index in [-0.39, 0.29) is 5.91 Å². The molecule has 0 atom stereocenters. The third-order valence-corrected chi connectivity index (χ3v) is 5.06. The van der Waals surface area contributed by atoms with Crippen LogP contribution in [-0.2, 0) is 13.1 Å². The Morgan fingerprint density at radius 1 is 1.07 bits per heavy atom. The molecule has 0 aliphatic carbocycles. The molecule has 146 valence electrons. The van der Waals surface area contributed by atoms with Crippen molar-refractivity contribution >= 4 is 22.9 Å². The highest BCUT2D eigenvalue weighted by Crippen LogP contribution is 2.18. The fourth-order valence-corrected chi connectivity index (χ4v) is 3.61. The number of methoxy groups -OCH3 is 1. The van der Waals surface area contributed by atoms with Gasteiger partial charge in [-0.1, -0.05) is 48.6 Å². The van der Waals surface area contributed by atoms with Gasteiger partial charge < -0.3 is 10.1 Å². The number of hydrogen-bond acceptors (Lipinski definition) is 6. The van der Waals surface area contributed by atoms with Gasteiger partial charge in [-0.2, -0.15) is 0 Å². The van der Waals surface area contributed by atoms with Crippen LogP contribution in [0.4, 0.5) is 5.69 Å². The van der Waals surface area contributed by atoms with E-state index in [9.17, 15) is 4.79 Å². The van der Waals surface area contributed by atoms with Gasteiger partial charge in [0.25, 0.3) is 5.91 Å². The van der Waals surface area contributed by atoms with Gasteiger partial charge in [0, 0.05) is 12.2 Å². The summed E-state index contributed by atoms with van der Waals surface area (Å²) >= 11 is 1.33. The summed E-state index contributed by atoms with van der Waals surface area (Å²) in [4.78, 5) is 14.8. The third kappa shape index (κ3) is 5.61. The summed E-state index contributed by atoms with van der Waals surface area (Å²) in [6.45, 7) is 4.64. The van der Waals surface area contributed by atoms with E-state index < -0.39 is 0 Å². The Morgan fingerprint density at radius 3 is 2.50 bits per heavy atom. The monoisotopic (exact) mass is 396 g/mol. The highest BCUT2D eigenvalue weighted by molar-refractivity contribution is 7.13. The number of aromatic nitrogens is 2. The van der Waals surface area contributed by atoms with Crippen molar-refractivity contribution in [1.29, 1.82) is 0 Å². The molecule has 6 nitrogen and oxygen atoms in total. The molecule has 1 heterocycles. The molecule has 28 heavy (non-hydrogen) atoms. The number of nitrogens with zero attached hydrogens (tertiary/aromatic N) is 3. The van der Waals surface area contributed by atoms with Crippen LogP contribution in [0.3, 0.4) is 0 Å². The molecule has 2 aromatic carbocycles. The van der Waals surface area contributed by atoms with Crippen molar-refractivity contribution in [3.63, 3.8) is 0 Å². The number of rotatable bonds is 9. The first-order valence-corrected chi connectivity index (χ1v) is 10.0. The van der Waals surface area contributed by atoms with Crippen LogP contribution in [0.1, 0.15) is 33.7 Å². The SMILES string of the molecule is CCCN(Cc1ccccc1)Cc1nnc(C(=O)Nc2ccc(OC)cc2)s1. The van der Waals surface area contributed by atoms with Crippen LogP contribution < -0.4 is 10.1 Å². The molecule has 7 heteroatoms. The molecule has 0 unspecified atom stereocenters. The van der Waals surface area contributed by atoms with Crippen molar-refractivity contribution in [2.24, 2.45) is 0 Å². The lowest BCUT2D eigenvalue weighted by molar-refractivity contribution is 0.102. The second kappa shape index (κ2) is 9.96. The zero-order chi connectivity index (χ0) is 19.8. The fourth-order valence-electron chi connectivity index (χ4n) is 2.83. The van der Waals surface area contributed by atoms with Crippen molar-refractivity contribution in [2.45, 2.75) is 26.4 Å². The van der Waals surface area contributed by atoms with E-state index in [2.05, 4.69) is 39.5 Å². The maximum Gasteiger partial charge on any atom is 0.286 e. The molecule has 0 fully saturated rings. The topological polar surface area (TPSA) is 67.4 Å². The zero-order valence-electron chi connectivity index (χ0n) is 16.1. The second-order valence-electron chi connectivity index (χ2n) is 6.38. The summed E-state index contributed by atoms with van der Waals surface area (Å²) < 4.78 is 5.12. The minimum atomic E-state index is -0.251. The Morgan fingerprint density at radius 2 is 1.82 bits per heavy atom. The van der Waals surface area contributed by atoms with Crippen molar-refractivity contribution < 1.29 is 9.53 Å². The molecule has 1 N–H and O–H groups in total. The van der Waals surface area contributed by atoms with Gasteiger partial charge in [0.1, 0.15) is 10.8 Å². The van der Waals surface area contributed by atoms with Crippen LogP contribution in [0.25, 0.3) is 0 Å². The molecule has 3 rings (SSSR count). The van der Waals surface area contributed by atoms with Crippen LogP contribution in [-0.4, -0.2) is 34.7 Å². The Labute approximate surface area is 169 Å². The average molecular weight is 397 g/mol. The molecule has 0 radical (unpaired) electrons. The molecule has 1 aromatic heterocycles. The zero-order valence-corrected chi connectivity index (χ0v) is 16.9. The van der Waals surface area contributed by atoms with E-state index in [1.807, 2.05) is 18.2 Å². The second-order valence-corrected chi connectivity index (χ2v) is 7.44. The molecule has 0 saturated carbocycles. The molecule has 3 aromatic rings. The normalized spacial score (nSPS) is 10.8. The van der Waals surface area contributed by atoms with Crippen molar-refractivity contribution in [1.82, 2.24) is 15.1 Å². The quantitative estimate of drug-likeness (QED) is 0.587. The van der Waals surface area contributed by atoms with Gasteiger partial charge in [-0.3, -0.25) is 9.69 Å². The number of carbonyl (C=O) groups excluding carboxylic acids is 1. The minimum absolute atomic E-state index is 0.251. The van der Waals surface area contributed by atoms with E-state index in [1.54, 1.807) is 31.4 Å². The van der Waals surface area contributed by atoms with Gasteiger partial charge in [-0.25, -0.2) is 0 Å². The minimum Gasteiger partial charge on any atom is -0.497 e. The molecule has 1 amide bonds. The van der Waals surface area contributed by atoms with Crippen LogP contribution in [0, 0.1) is 0 Å². The lowest BCUT2D eigenvalue weighted by Gasteiger charge is -2.20. The number of benzene rings is 2. The molecular formula is C21H24N4O2S. The Bertz CT molecular complexity index is 881. The lowest BCUT2D eigenvalue weighted by atomic mass is 10.2. The van der Waals surface area contributed by atoms with Gasteiger partial charge in [-0.15, -0.1) is 10.2 Å². The first-order valence-electron chi connectivity index (χ1n) is 9.22. The van der Waals surface area contributed by atoms with Crippen molar-refractivity contribution in [3.05, 3.63) is 70.2 Å². The van der Waals surface area contributed by atoms with E-state index >= 15 is 0 Å². The fraction of sp³-hybridized carbons (Fsp3) is 0.286. The molecular weight excluding hydrogens is 372 g/mol. The average Bonchev–Trinajstić information content (AvgIpc) is 3.18. The molecule has 0 aliphatic rings. The Kier molecular flexibility index (Phi) is 7.11. The standard InChI is InChI=1S/C21H24N4O2S/c1-3-13-25(14-16-7-5-4-6-8-16)15-19-23-24-21(28-19)20(26)22-17-9-11-18(27-2)12-10-17/h4-12H,3,13-15H2,1-2H3,(H,22,26). The number of hydrogen-bond donors (Lipinski definition) is 1. The van der Waals surface area contributed by atoms with Gasteiger partial charge in [0.05, 0.1) is 13.7 Å². The summed E-state index contributed by atoms with van der Waals surface area (Å²) in [5, 5.41) is 12.3. The van der Waals surface area contributed by atoms with Gasteiger partial charge in [0.2, 0.25) is 5.01 Å². The summed E-state index contributed by atoms with van der Waals surface area (Å²) in [7, 11) is 1.61. The van der Waals surface area contributed by atoms with Gasteiger partial charge in [-0.05, 0) is 42.8 Å². The highest BCUT2D eigenvalue weighted by Gasteiger charge is 2.15. The summed E-state index contributed by atoms with van der Waals surface area (Å²) in [5.41, 5.74) is 1.96. The molecule has 0 saturated heterocycles. The Hall–Kier alpha value is -2.77. The first-order chi connectivity index (χ1) is 13.7. The lowest BCUT2D eigenvalue weighted by Crippen LogP contribution is -2.23. The summed E-state index contributed by atoms with van der Waals surface area (Å²) in [6.07, 6.45) is 1.05. The van der Waals surface area contributed by atoms with E-state index in [0.717, 1.165) is 30.3 Å². The molecule has 0 spiro atoms. The van der Waals surface area contributed by atoms with Crippen LogP contribution in [0.5, 0.6) is 5.75 Å². The van der Waals surface area contributed by atoms with Crippen LogP contribution in [0.15, 0.2) is 54.6 Å². The predicted octanol–water partition coefficient (Wildman–Crippen LogP) is 4.21. The Balaban J connectivity index is 1.61. The van der Waals surface area contributed by atoms with E-state index in [1.165, 1.54) is 16.9 Å². The number of ether oxygens (including phenoxy) is 1. The summed E-state index contributed by atoms with van der Waals surface area (Å²) in [5.74, 6) is 0.490. The number of anilines is 1. The van der Waals surface area contributed by atoms with Gasteiger partial charge in [0.15, 0.2) is 0 Å². The first kappa shape index (κ1) is 20.0. The van der Waals surface area contributed by atoms with Gasteiger partial charge >= 0.3 is 0 Å². The van der Waals surface area contributed by atoms with Crippen LogP contribution >= 0.6 is 11.3 Å². The van der Waals surface area contributed by atoms with Crippen molar-refractivity contribution in [3.8, 4) is 5.75 Å². The largest absolute Gasteiger partial charge is 0.497 e. The van der Waals surface area contributed by atoms with E-state index in [4.69, 9.17) is 4.74 Å². The highest BCUT2D eigenvalue weighted by atomic mass is 32.1. The predicted molar refractivity (Wildman–Crippen MR) is 112 cm³/mol. The number of carbonyl (C=O) groups is 1. The smallest absolute Gasteiger partial charge is 0.286 e. The third-order valence-electron chi connectivity index (χ3n) is 4.16. The number of nitrogens with one attached hydrogen (secondary N) is 1. The maximum absolute atomic E-state index is 12.4. The molecule has 0 aliphatic heterocycles. The maximum atomic E-state index is 12.4. The molecule has 0 bridgehead atoms. The number of amides is 1.